The molecule has 1 atom stereocenters. The van der Waals surface area contributed by atoms with Gasteiger partial charge in [-0.05, 0) is 19.4 Å². The average molecular weight is 337 g/mol. The van der Waals surface area contributed by atoms with Crippen LogP contribution in [0.5, 0.6) is 0 Å². The van der Waals surface area contributed by atoms with Gasteiger partial charge in [-0.2, -0.15) is 0 Å². The van der Waals surface area contributed by atoms with E-state index in [4.69, 9.17) is 4.42 Å². The molecule has 0 bridgehead atoms. The lowest BCUT2D eigenvalue weighted by Gasteiger charge is -2.32. The van der Waals surface area contributed by atoms with Crippen LogP contribution in [0.15, 0.2) is 34.7 Å². The van der Waals surface area contributed by atoms with Gasteiger partial charge in [-0.3, -0.25) is 9.36 Å². The highest BCUT2D eigenvalue weighted by atomic mass is 16.4. The Morgan fingerprint density at radius 3 is 2.64 bits per heavy atom. The van der Waals surface area contributed by atoms with Crippen molar-refractivity contribution in [2.24, 2.45) is 0 Å². The number of hydrogen-bond acceptors (Lipinski definition) is 5. The predicted molar refractivity (Wildman–Crippen MR) is 90.4 cm³/mol. The van der Waals surface area contributed by atoms with Gasteiger partial charge in [0.1, 0.15) is 6.04 Å². The fourth-order valence-corrected chi connectivity index (χ4v) is 3.29. The van der Waals surface area contributed by atoms with Gasteiger partial charge in [-0.25, -0.2) is 4.98 Å². The van der Waals surface area contributed by atoms with Crippen molar-refractivity contribution in [2.45, 2.75) is 39.9 Å². The standard InChI is InChI=1S/C18H19N5O2/c1-11-16(25-13(3)19-11)17-21-20-15-10-22(18(24)12(2)23(15)17)9-14-7-5-4-6-8-14/h4-8,12H,9-10H2,1-3H3/t12-/m0/s1. The number of hydrogen-bond donors (Lipinski definition) is 0. The number of rotatable bonds is 3. The maximum absolute atomic E-state index is 12.9. The third-order valence-corrected chi connectivity index (χ3v) is 4.48. The predicted octanol–water partition coefficient (Wildman–Crippen LogP) is 2.65. The monoisotopic (exact) mass is 337 g/mol. The minimum absolute atomic E-state index is 0.0475. The highest BCUT2D eigenvalue weighted by Crippen LogP contribution is 2.30. The van der Waals surface area contributed by atoms with Crippen molar-refractivity contribution in [3.8, 4) is 11.6 Å². The average Bonchev–Trinajstić information content (AvgIpc) is 3.16. The molecule has 3 heterocycles. The molecule has 1 amide bonds. The summed E-state index contributed by atoms with van der Waals surface area (Å²) in [6, 6.07) is 9.56. The summed E-state index contributed by atoms with van der Waals surface area (Å²) >= 11 is 0. The number of nitrogens with zero attached hydrogens (tertiary/aromatic N) is 5. The van der Waals surface area contributed by atoms with Gasteiger partial charge in [-0.15, -0.1) is 10.2 Å². The molecule has 2 aromatic heterocycles. The molecule has 0 radical (unpaired) electrons. The number of carbonyl (C=O) groups excluding carboxylic acids is 1. The molecule has 0 spiro atoms. The van der Waals surface area contributed by atoms with Crippen molar-refractivity contribution in [1.82, 2.24) is 24.6 Å². The highest BCUT2D eigenvalue weighted by molar-refractivity contribution is 5.81. The Kier molecular flexibility index (Phi) is 3.63. The largest absolute Gasteiger partial charge is 0.437 e. The zero-order chi connectivity index (χ0) is 17.6. The van der Waals surface area contributed by atoms with E-state index in [0.29, 0.717) is 30.6 Å². The van der Waals surface area contributed by atoms with Crippen LogP contribution in [-0.2, 0) is 17.9 Å². The fraction of sp³-hybridized carbons (Fsp3) is 0.333. The fourth-order valence-electron chi connectivity index (χ4n) is 3.29. The van der Waals surface area contributed by atoms with Crippen LogP contribution in [0.1, 0.15) is 35.9 Å². The van der Waals surface area contributed by atoms with Crippen LogP contribution in [0, 0.1) is 13.8 Å². The van der Waals surface area contributed by atoms with E-state index < -0.39 is 0 Å². The molecule has 1 aliphatic rings. The molecule has 0 aliphatic carbocycles. The molecule has 0 N–H and O–H groups in total. The zero-order valence-corrected chi connectivity index (χ0v) is 14.4. The maximum Gasteiger partial charge on any atom is 0.246 e. The summed E-state index contributed by atoms with van der Waals surface area (Å²) in [5.74, 6) is 2.52. The first-order chi connectivity index (χ1) is 12.0. The summed E-state index contributed by atoms with van der Waals surface area (Å²) < 4.78 is 7.53. The van der Waals surface area contributed by atoms with Crippen molar-refractivity contribution < 1.29 is 9.21 Å². The Morgan fingerprint density at radius 1 is 1.20 bits per heavy atom. The summed E-state index contributed by atoms with van der Waals surface area (Å²) in [5, 5.41) is 8.56. The molecule has 1 aliphatic heterocycles. The Labute approximate surface area is 145 Å². The first-order valence-corrected chi connectivity index (χ1v) is 8.25. The Bertz CT molecular complexity index is 928. The van der Waals surface area contributed by atoms with Crippen LogP contribution in [0.4, 0.5) is 0 Å². The van der Waals surface area contributed by atoms with Crippen LogP contribution in [0.3, 0.4) is 0 Å². The van der Waals surface area contributed by atoms with Gasteiger partial charge in [0.05, 0.1) is 12.2 Å². The van der Waals surface area contributed by atoms with E-state index in [9.17, 15) is 4.79 Å². The number of fused-ring (bicyclic) bond motifs is 1. The summed E-state index contributed by atoms with van der Waals surface area (Å²) in [5.41, 5.74) is 1.84. The van der Waals surface area contributed by atoms with Crippen LogP contribution in [0.2, 0.25) is 0 Å². The van der Waals surface area contributed by atoms with Gasteiger partial charge in [0.25, 0.3) is 0 Å². The highest BCUT2D eigenvalue weighted by Gasteiger charge is 2.34. The lowest BCUT2D eigenvalue weighted by molar-refractivity contribution is -0.137. The third kappa shape index (κ3) is 2.61. The second kappa shape index (κ2) is 5.84. The number of oxazole rings is 1. The van der Waals surface area contributed by atoms with Crippen molar-refractivity contribution in [1.29, 1.82) is 0 Å². The lowest BCUT2D eigenvalue weighted by atomic mass is 10.1. The van der Waals surface area contributed by atoms with E-state index in [2.05, 4.69) is 15.2 Å². The van der Waals surface area contributed by atoms with Gasteiger partial charge in [0, 0.05) is 13.5 Å². The second-order valence-electron chi connectivity index (χ2n) is 6.31. The van der Waals surface area contributed by atoms with Crippen molar-refractivity contribution in [2.75, 3.05) is 0 Å². The Hall–Kier alpha value is -2.96. The van der Waals surface area contributed by atoms with Gasteiger partial charge in [0.2, 0.25) is 11.7 Å². The van der Waals surface area contributed by atoms with Crippen LogP contribution < -0.4 is 0 Å². The molecule has 0 unspecified atom stereocenters. The number of aromatic nitrogens is 4. The molecule has 0 fully saturated rings. The van der Waals surface area contributed by atoms with Gasteiger partial charge < -0.3 is 9.32 Å². The number of carbonyl (C=O) groups is 1. The normalized spacial score (nSPS) is 17.0. The van der Waals surface area contributed by atoms with Crippen LogP contribution >= 0.6 is 0 Å². The molecule has 7 nitrogen and oxygen atoms in total. The van der Waals surface area contributed by atoms with E-state index in [1.165, 1.54) is 0 Å². The van der Waals surface area contributed by atoms with E-state index in [-0.39, 0.29) is 11.9 Å². The number of amides is 1. The van der Waals surface area contributed by atoms with E-state index in [0.717, 1.165) is 17.1 Å². The topological polar surface area (TPSA) is 77.1 Å². The van der Waals surface area contributed by atoms with Gasteiger partial charge in [0.15, 0.2) is 17.5 Å². The molecule has 4 rings (SSSR count). The molecule has 0 saturated carbocycles. The van der Waals surface area contributed by atoms with Crippen molar-refractivity contribution in [3.05, 3.63) is 53.3 Å². The minimum Gasteiger partial charge on any atom is -0.437 e. The van der Waals surface area contributed by atoms with Crippen LogP contribution in [0.25, 0.3) is 11.6 Å². The lowest BCUT2D eigenvalue weighted by Crippen LogP contribution is -2.41. The van der Waals surface area contributed by atoms with Gasteiger partial charge in [-0.1, -0.05) is 30.3 Å². The minimum atomic E-state index is -0.387. The van der Waals surface area contributed by atoms with E-state index in [1.807, 2.05) is 53.6 Å². The molecule has 25 heavy (non-hydrogen) atoms. The first kappa shape index (κ1) is 15.6. The maximum atomic E-state index is 12.9. The van der Waals surface area contributed by atoms with E-state index in [1.54, 1.807) is 6.92 Å². The van der Waals surface area contributed by atoms with Gasteiger partial charge >= 0.3 is 0 Å². The smallest absolute Gasteiger partial charge is 0.246 e. The Balaban J connectivity index is 1.69. The van der Waals surface area contributed by atoms with Crippen LogP contribution in [-0.4, -0.2) is 30.6 Å². The summed E-state index contributed by atoms with van der Waals surface area (Å²) in [4.78, 5) is 19.0. The third-order valence-electron chi connectivity index (χ3n) is 4.48. The van der Waals surface area contributed by atoms with Crippen molar-refractivity contribution >= 4 is 5.91 Å². The second-order valence-corrected chi connectivity index (χ2v) is 6.31. The molecule has 128 valence electrons. The number of benzene rings is 1. The molecular formula is C18H19N5O2. The van der Waals surface area contributed by atoms with Crippen molar-refractivity contribution in [3.63, 3.8) is 0 Å². The zero-order valence-electron chi connectivity index (χ0n) is 14.4. The van der Waals surface area contributed by atoms with E-state index >= 15 is 0 Å². The molecular weight excluding hydrogens is 318 g/mol. The summed E-state index contributed by atoms with van der Waals surface area (Å²) in [6.07, 6.45) is 0. The molecule has 0 saturated heterocycles. The Morgan fingerprint density at radius 2 is 1.96 bits per heavy atom. The number of aryl methyl sites for hydroxylation is 2. The SMILES string of the molecule is Cc1nc(C)c(-c2nnc3n2[C@@H](C)C(=O)N(Cc2ccccc2)C3)o1. The molecule has 1 aromatic carbocycles. The first-order valence-electron chi connectivity index (χ1n) is 8.25. The summed E-state index contributed by atoms with van der Waals surface area (Å²) in [6.45, 7) is 6.52. The molecule has 3 aromatic rings. The quantitative estimate of drug-likeness (QED) is 0.734. The molecule has 7 heteroatoms. The summed E-state index contributed by atoms with van der Waals surface area (Å²) in [7, 11) is 0.